The SMILES string of the molecule is COCCC1(CNC(=O)[C@@H](N)Cc2cn(Cc3ccccc3)cn2)CCCC1.Cl.Cl. The number of amides is 1. The zero-order chi connectivity index (χ0) is 19.8. The van der Waals surface area contributed by atoms with E-state index in [9.17, 15) is 4.79 Å². The summed E-state index contributed by atoms with van der Waals surface area (Å²) in [5.41, 5.74) is 8.38. The van der Waals surface area contributed by atoms with Crippen molar-refractivity contribution in [3.8, 4) is 0 Å². The molecule has 30 heavy (non-hydrogen) atoms. The predicted octanol–water partition coefficient (Wildman–Crippen LogP) is 3.36. The molecule has 0 bridgehead atoms. The monoisotopic (exact) mass is 456 g/mol. The van der Waals surface area contributed by atoms with Gasteiger partial charge in [0.05, 0.1) is 18.1 Å². The number of carbonyl (C=O) groups excluding carboxylic acids is 1. The van der Waals surface area contributed by atoms with Crippen molar-refractivity contribution < 1.29 is 9.53 Å². The van der Waals surface area contributed by atoms with Crippen LogP contribution in [-0.2, 0) is 22.5 Å². The number of nitrogens with zero attached hydrogens (tertiary/aromatic N) is 2. The van der Waals surface area contributed by atoms with Gasteiger partial charge in [-0.3, -0.25) is 4.79 Å². The fourth-order valence-corrected chi connectivity index (χ4v) is 4.07. The van der Waals surface area contributed by atoms with Crippen molar-refractivity contribution in [2.24, 2.45) is 11.1 Å². The first kappa shape index (κ1) is 26.4. The molecule has 2 aromatic rings. The second-order valence-corrected chi connectivity index (χ2v) is 8.00. The number of nitrogens with two attached hydrogens (primary N) is 1. The molecule has 1 aromatic carbocycles. The Hall–Kier alpha value is -1.60. The molecule has 0 saturated heterocycles. The minimum absolute atomic E-state index is 0. The van der Waals surface area contributed by atoms with E-state index in [0.717, 1.165) is 38.1 Å². The summed E-state index contributed by atoms with van der Waals surface area (Å²) in [6.45, 7) is 2.18. The number of hydrogen-bond acceptors (Lipinski definition) is 4. The van der Waals surface area contributed by atoms with Gasteiger partial charge in [-0.15, -0.1) is 24.8 Å². The Balaban J connectivity index is 0.00000225. The van der Waals surface area contributed by atoms with Crippen LogP contribution in [0.1, 0.15) is 43.4 Å². The Kier molecular flexibility index (Phi) is 11.4. The zero-order valence-electron chi connectivity index (χ0n) is 17.6. The number of hydrogen-bond donors (Lipinski definition) is 2. The quantitative estimate of drug-likeness (QED) is 0.573. The minimum Gasteiger partial charge on any atom is -0.385 e. The Bertz CT molecular complexity index is 749. The van der Waals surface area contributed by atoms with E-state index < -0.39 is 6.04 Å². The summed E-state index contributed by atoms with van der Waals surface area (Å²) in [5, 5.41) is 3.09. The summed E-state index contributed by atoms with van der Waals surface area (Å²) in [4.78, 5) is 16.9. The molecule has 0 radical (unpaired) electrons. The fourth-order valence-electron chi connectivity index (χ4n) is 4.07. The number of rotatable bonds is 10. The molecular weight excluding hydrogens is 423 g/mol. The highest BCUT2D eigenvalue weighted by atomic mass is 35.5. The van der Waals surface area contributed by atoms with Crippen molar-refractivity contribution >= 4 is 30.7 Å². The highest BCUT2D eigenvalue weighted by Gasteiger charge is 2.34. The van der Waals surface area contributed by atoms with E-state index in [1.165, 1.54) is 18.4 Å². The number of methoxy groups -OCH3 is 1. The third kappa shape index (κ3) is 7.58. The van der Waals surface area contributed by atoms with Crippen LogP contribution < -0.4 is 11.1 Å². The van der Waals surface area contributed by atoms with Crippen LogP contribution in [0.2, 0.25) is 0 Å². The number of ether oxygens (including phenoxy) is 1. The molecule has 6 nitrogen and oxygen atoms in total. The third-order valence-electron chi connectivity index (χ3n) is 5.80. The maximum Gasteiger partial charge on any atom is 0.237 e. The van der Waals surface area contributed by atoms with E-state index >= 15 is 0 Å². The van der Waals surface area contributed by atoms with Crippen molar-refractivity contribution in [2.45, 2.75) is 51.1 Å². The molecule has 8 heteroatoms. The van der Waals surface area contributed by atoms with Crippen LogP contribution in [0.5, 0.6) is 0 Å². The van der Waals surface area contributed by atoms with Crippen LogP contribution in [0.25, 0.3) is 0 Å². The summed E-state index contributed by atoms with van der Waals surface area (Å²) >= 11 is 0. The lowest BCUT2D eigenvalue weighted by molar-refractivity contribution is -0.122. The summed E-state index contributed by atoms with van der Waals surface area (Å²) in [7, 11) is 1.73. The summed E-state index contributed by atoms with van der Waals surface area (Å²) in [6.07, 6.45) is 9.95. The van der Waals surface area contributed by atoms with Crippen molar-refractivity contribution in [2.75, 3.05) is 20.3 Å². The molecule has 1 aromatic heterocycles. The largest absolute Gasteiger partial charge is 0.385 e. The Labute approximate surface area is 191 Å². The van der Waals surface area contributed by atoms with E-state index in [1.807, 2.05) is 29.0 Å². The molecule has 168 valence electrons. The van der Waals surface area contributed by atoms with E-state index in [0.29, 0.717) is 13.0 Å². The lowest BCUT2D eigenvalue weighted by atomic mass is 9.83. The lowest BCUT2D eigenvalue weighted by Gasteiger charge is -2.29. The zero-order valence-corrected chi connectivity index (χ0v) is 19.2. The van der Waals surface area contributed by atoms with Gasteiger partial charge in [0.2, 0.25) is 5.91 Å². The van der Waals surface area contributed by atoms with E-state index in [2.05, 4.69) is 22.4 Å². The molecule has 0 spiro atoms. The Morgan fingerprint density at radius 1 is 1.27 bits per heavy atom. The minimum atomic E-state index is -0.582. The van der Waals surface area contributed by atoms with Gasteiger partial charge in [0.25, 0.3) is 0 Å². The maximum absolute atomic E-state index is 12.5. The molecule has 3 rings (SSSR count). The van der Waals surface area contributed by atoms with Crippen LogP contribution >= 0.6 is 24.8 Å². The molecular formula is C22H34Cl2N4O2. The average molecular weight is 457 g/mol. The van der Waals surface area contributed by atoms with Gasteiger partial charge in [0, 0.05) is 39.4 Å². The molecule has 3 N–H and O–H groups in total. The topological polar surface area (TPSA) is 82.2 Å². The lowest BCUT2D eigenvalue weighted by Crippen LogP contribution is -2.46. The van der Waals surface area contributed by atoms with Crippen molar-refractivity contribution in [1.29, 1.82) is 0 Å². The molecule has 1 atom stereocenters. The van der Waals surface area contributed by atoms with Gasteiger partial charge in [-0.1, -0.05) is 43.2 Å². The van der Waals surface area contributed by atoms with Crippen LogP contribution in [0.3, 0.4) is 0 Å². The molecule has 0 unspecified atom stereocenters. The first-order valence-corrected chi connectivity index (χ1v) is 10.2. The normalized spacial score (nSPS) is 15.7. The first-order chi connectivity index (χ1) is 13.6. The third-order valence-corrected chi connectivity index (χ3v) is 5.80. The van der Waals surface area contributed by atoms with E-state index in [1.54, 1.807) is 13.4 Å². The van der Waals surface area contributed by atoms with E-state index in [-0.39, 0.29) is 36.1 Å². The second kappa shape index (κ2) is 13.0. The molecule has 0 aliphatic heterocycles. The standard InChI is InChI=1S/C22H32N4O2.2ClH/c1-28-12-11-22(9-5-6-10-22)16-24-21(27)20(23)13-19-15-26(17-25-19)14-18-7-3-2-4-8-18;;/h2-4,7-8,15,17,20H,5-6,9-14,16,23H2,1H3,(H,24,27);2*1H/t20-;;/m0../s1. The molecule has 1 amide bonds. The Morgan fingerprint density at radius 2 is 1.97 bits per heavy atom. The number of aromatic nitrogens is 2. The second-order valence-electron chi connectivity index (χ2n) is 8.00. The summed E-state index contributed by atoms with van der Waals surface area (Å²) in [6, 6.07) is 9.64. The average Bonchev–Trinajstić information content (AvgIpc) is 3.35. The van der Waals surface area contributed by atoms with Crippen molar-refractivity contribution in [3.63, 3.8) is 0 Å². The van der Waals surface area contributed by atoms with Crippen molar-refractivity contribution in [3.05, 3.63) is 54.1 Å². The highest BCUT2D eigenvalue weighted by Crippen LogP contribution is 2.40. The number of carbonyl (C=O) groups is 1. The van der Waals surface area contributed by atoms with Crippen LogP contribution in [0, 0.1) is 5.41 Å². The Morgan fingerprint density at radius 3 is 2.63 bits per heavy atom. The van der Waals surface area contributed by atoms with Gasteiger partial charge in [0.15, 0.2) is 0 Å². The van der Waals surface area contributed by atoms with Gasteiger partial charge in [0.1, 0.15) is 0 Å². The molecule has 1 heterocycles. The van der Waals surface area contributed by atoms with Crippen LogP contribution in [0.15, 0.2) is 42.9 Å². The fraction of sp³-hybridized carbons (Fsp3) is 0.545. The molecule has 1 aliphatic rings. The number of imidazole rings is 1. The van der Waals surface area contributed by atoms with Crippen LogP contribution in [0.4, 0.5) is 0 Å². The maximum atomic E-state index is 12.5. The van der Waals surface area contributed by atoms with Crippen molar-refractivity contribution in [1.82, 2.24) is 14.9 Å². The van der Waals surface area contributed by atoms with Gasteiger partial charge in [-0.05, 0) is 30.2 Å². The van der Waals surface area contributed by atoms with Gasteiger partial charge >= 0.3 is 0 Å². The van der Waals surface area contributed by atoms with Crippen LogP contribution in [-0.4, -0.2) is 41.8 Å². The molecule has 1 saturated carbocycles. The predicted molar refractivity (Wildman–Crippen MR) is 124 cm³/mol. The van der Waals surface area contributed by atoms with Gasteiger partial charge < -0.3 is 20.4 Å². The summed E-state index contributed by atoms with van der Waals surface area (Å²) in [5.74, 6) is -0.0960. The summed E-state index contributed by atoms with van der Waals surface area (Å²) < 4.78 is 7.28. The number of nitrogens with one attached hydrogen (secondary N) is 1. The van der Waals surface area contributed by atoms with E-state index in [4.69, 9.17) is 10.5 Å². The first-order valence-electron chi connectivity index (χ1n) is 10.2. The van der Waals surface area contributed by atoms with Gasteiger partial charge in [-0.25, -0.2) is 4.98 Å². The highest BCUT2D eigenvalue weighted by molar-refractivity contribution is 5.85. The molecule has 1 fully saturated rings. The smallest absolute Gasteiger partial charge is 0.237 e. The number of halogens is 2. The molecule has 1 aliphatic carbocycles. The van der Waals surface area contributed by atoms with Gasteiger partial charge in [-0.2, -0.15) is 0 Å². The number of benzene rings is 1.